The third kappa shape index (κ3) is 1.73. The molecular weight excluding hydrogens is 156 g/mol. The summed E-state index contributed by atoms with van der Waals surface area (Å²) in [4.78, 5) is 0. The van der Waals surface area contributed by atoms with E-state index >= 15 is 0 Å². The fraction of sp³-hybridized carbons (Fsp3) is 0.714. The van der Waals surface area contributed by atoms with E-state index in [4.69, 9.17) is 5.73 Å². The Balaban J connectivity index is 1.69. The van der Waals surface area contributed by atoms with E-state index in [0.717, 1.165) is 25.8 Å². The van der Waals surface area contributed by atoms with Crippen molar-refractivity contribution in [3.05, 3.63) is 6.20 Å². The number of nitrogens with zero attached hydrogens (tertiary/aromatic N) is 2. The molecule has 3 N–H and O–H groups in total. The fourth-order valence-electron chi connectivity index (χ4n) is 1.09. The number of hydrogen-bond donors (Lipinski definition) is 2. The third-order valence-electron chi connectivity index (χ3n) is 2.18. The first-order valence-corrected chi connectivity index (χ1v) is 4.09. The van der Waals surface area contributed by atoms with E-state index in [9.17, 15) is 0 Å². The van der Waals surface area contributed by atoms with Gasteiger partial charge in [0, 0.05) is 12.1 Å². The van der Waals surface area contributed by atoms with E-state index < -0.39 is 0 Å². The van der Waals surface area contributed by atoms with E-state index in [1.807, 2.05) is 0 Å². The molecule has 5 heteroatoms. The van der Waals surface area contributed by atoms with Crippen LogP contribution in [0.25, 0.3) is 0 Å². The van der Waals surface area contributed by atoms with Crippen LogP contribution < -0.4 is 11.1 Å². The number of hydrogen-bond acceptors (Lipinski definition) is 5. The van der Waals surface area contributed by atoms with Crippen LogP contribution >= 0.6 is 0 Å². The third-order valence-corrected chi connectivity index (χ3v) is 2.18. The minimum absolute atomic E-state index is 0.101. The standard InChI is InChI=1S/C7H12N4O/c8-7(1-2-7)3-4-9-6-5-10-12-11-6/h5H,1-4,8H2,(H,9,11). The lowest BCUT2D eigenvalue weighted by atomic mass is 10.2. The number of nitrogens with one attached hydrogen (secondary N) is 1. The van der Waals surface area contributed by atoms with Crippen molar-refractivity contribution < 1.29 is 4.63 Å². The van der Waals surface area contributed by atoms with E-state index in [0.29, 0.717) is 5.82 Å². The van der Waals surface area contributed by atoms with Crippen molar-refractivity contribution in [2.45, 2.75) is 24.8 Å². The lowest BCUT2D eigenvalue weighted by Crippen LogP contribution is -2.24. The van der Waals surface area contributed by atoms with Crippen LogP contribution in [0.5, 0.6) is 0 Å². The largest absolute Gasteiger partial charge is 0.366 e. The van der Waals surface area contributed by atoms with Gasteiger partial charge in [0.25, 0.3) is 0 Å². The van der Waals surface area contributed by atoms with Crippen LogP contribution in [-0.2, 0) is 0 Å². The molecule has 0 unspecified atom stereocenters. The second-order valence-corrected chi connectivity index (χ2v) is 3.33. The molecule has 0 saturated heterocycles. The zero-order valence-electron chi connectivity index (χ0n) is 6.79. The Hall–Kier alpha value is -1.10. The molecule has 66 valence electrons. The molecule has 12 heavy (non-hydrogen) atoms. The molecule has 0 aromatic carbocycles. The zero-order chi connectivity index (χ0) is 8.44. The predicted octanol–water partition coefficient (Wildman–Crippen LogP) is 0.363. The van der Waals surface area contributed by atoms with Crippen LogP contribution in [0.2, 0.25) is 0 Å². The van der Waals surface area contributed by atoms with Crippen LogP contribution in [0.15, 0.2) is 10.8 Å². The molecule has 0 aliphatic heterocycles. The summed E-state index contributed by atoms with van der Waals surface area (Å²) < 4.78 is 4.42. The molecular formula is C7H12N4O. The monoisotopic (exact) mass is 168 g/mol. The predicted molar refractivity (Wildman–Crippen MR) is 43.6 cm³/mol. The topological polar surface area (TPSA) is 77.0 Å². The molecule has 1 heterocycles. The molecule has 0 atom stereocenters. The lowest BCUT2D eigenvalue weighted by Gasteiger charge is -2.07. The average Bonchev–Trinajstić information content (AvgIpc) is 2.61. The Kier molecular flexibility index (Phi) is 1.73. The molecule has 1 aliphatic carbocycles. The van der Waals surface area contributed by atoms with Gasteiger partial charge in [-0.1, -0.05) is 5.16 Å². The van der Waals surface area contributed by atoms with Gasteiger partial charge in [0.05, 0.1) is 0 Å². The van der Waals surface area contributed by atoms with Crippen molar-refractivity contribution in [2.75, 3.05) is 11.9 Å². The summed E-state index contributed by atoms with van der Waals surface area (Å²) in [7, 11) is 0. The van der Waals surface area contributed by atoms with Crippen molar-refractivity contribution >= 4 is 5.82 Å². The van der Waals surface area contributed by atoms with Crippen LogP contribution in [0, 0.1) is 0 Å². The Morgan fingerprint density at radius 1 is 1.67 bits per heavy atom. The van der Waals surface area contributed by atoms with Crippen LogP contribution in [0.4, 0.5) is 5.82 Å². The van der Waals surface area contributed by atoms with Gasteiger partial charge in [-0.2, -0.15) is 0 Å². The highest BCUT2D eigenvalue weighted by atomic mass is 16.6. The number of rotatable bonds is 4. The SMILES string of the molecule is NC1(CCNc2cnon2)CC1. The summed E-state index contributed by atoms with van der Waals surface area (Å²) in [6.07, 6.45) is 4.83. The highest BCUT2D eigenvalue weighted by molar-refractivity contribution is 5.27. The minimum atomic E-state index is 0.101. The molecule has 0 radical (unpaired) electrons. The molecule has 5 nitrogen and oxygen atoms in total. The first-order valence-electron chi connectivity index (χ1n) is 4.09. The molecule has 0 amide bonds. The molecule has 1 aromatic heterocycles. The van der Waals surface area contributed by atoms with Gasteiger partial charge in [-0.3, -0.25) is 0 Å². The molecule has 1 fully saturated rings. The quantitative estimate of drug-likeness (QED) is 0.678. The van der Waals surface area contributed by atoms with Gasteiger partial charge < -0.3 is 11.1 Å². The second-order valence-electron chi connectivity index (χ2n) is 3.33. The molecule has 1 aliphatic rings. The molecule has 2 rings (SSSR count). The number of aromatic nitrogens is 2. The summed E-state index contributed by atoms with van der Waals surface area (Å²) in [5, 5.41) is 10.2. The highest BCUT2D eigenvalue weighted by Crippen LogP contribution is 2.35. The normalized spacial score (nSPS) is 19.1. The summed E-state index contributed by atoms with van der Waals surface area (Å²) in [5.74, 6) is 0.680. The van der Waals surface area contributed by atoms with E-state index in [2.05, 4.69) is 20.3 Å². The Bertz CT molecular complexity index is 242. The van der Waals surface area contributed by atoms with Gasteiger partial charge in [-0.15, -0.1) is 0 Å². The molecule has 1 saturated carbocycles. The average molecular weight is 168 g/mol. The van der Waals surface area contributed by atoms with Crippen molar-refractivity contribution in [3.8, 4) is 0 Å². The van der Waals surface area contributed by atoms with Crippen molar-refractivity contribution in [1.29, 1.82) is 0 Å². The van der Waals surface area contributed by atoms with Gasteiger partial charge >= 0.3 is 0 Å². The molecule has 1 aromatic rings. The van der Waals surface area contributed by atoms with Crippen molar-refractivity contribution in [3.63, 3.8) is 0 Å². The fourth-order valence-corrected chi connectivity index (χ4v) is 1.09. The van der Waals surface area contributed by atoms with E-state index in [1.54, 1.807) is 6.20 Å². The maximum absolute atomic E-state index is 5.89. The Labute approximate surface area is 70.3 Å². The molecule has 0 spiro atoms. The van der Waals surface area contributed by atoms with Crippen LogP contribution in [0.3, 0.4) is 0 Å². The van der Waals surface area contributed by atoms with Gasteiger partial charge in [0.2, 0.25) is 0 Å². The van der Waals surface area contributed by atoms with Crippen molar-refractivity contribution in [2.24, 2.45) is 5.73 Å². The van der Waals surface area contributed by atoms with E-state index in [1.165, 1.54) is 0 Å². The highest BCUT2D eigenvalue weighted by Gasteiger charge is 2.37. The summed E-state index contributed by atoms with van der Waals surface area (Å²) in [6.45, 7) is 0.838. The summed E-state index contributed by atoms with van der Waals surface area (Å²) >= 11 is 0. The van der Waals surface area contributed by atoms with Crippen molar-refractivity contribution in [1.82, 2.24) is 10.3 Å². The maximum atomic E-state index is 5.89. The second kappa shape index (κ2) is 2.75. The minimum Gasteiger partial charge on any atom is -0.366 e. The van der Waals surface area contributed by atoms with Gasteiger partial charge in [-0.25, -0.2) is 4.63 Å². The van der Waals surface area contributed by atoms with Crippen LogP contribution in [-0.4, -0.2) is 22.4 Å². The van der Waals surface area contributed by atoms with Gasteiger partial charge in [0.1, 0.15) is 6.20 Å². The first kappa shape index (κ1) is 7.54. The summed E-state index contributed by atoms with van der Waals surface area (Å²) in [5.41, 5.74) is 5.99. The smallest absolute Gasteiger partial charge is 0.190 e. The number of nitrogens with two attached hydrogens (primary N) is 1. The first-order chi connectivity index (χ1) is 5.79. The van der Waals surface area contributed by atoms with Gasteiger partial charge in [-0.05, 0) is 24.4 Å². The summed E-state index contributed by atoms with van der Waals surface area (Å²) in [6, 6.07) is 0. The lowest BCUT2D eigenvalue weighted by molar-refractivity contribution is 0.308. The number of anilines is 1. The maximum Gasteiger partial charge on any atom is 0.190 e. The molecule has 0 bridgehead atoms. The van der Waals surface area contributed by atoms with E-state index in [-0.39, 0.29) is 5.54 Å². The van der Waals surface area contributed by atoms with Gasteiger partial charge in [0.15, 0.2) is 5.82 Å². The van der Waals surface area contributed by atoms with Crippen LogP contribution in [0.1, 0.15) is 19.3 Å². The zero-order valence-corrected chi connectivity index (χ0v) is 6.79. The Morgan fingerprint density at radius 3 is 3.08 bits per heavy atom. The Morgan fingerprint density at radius 2 is 2.50 bits per heavy atom.